The van der Waals surface area contributed by atoms with Gasteiger partial charge in [-0.2, -0.15) is 0 Å². The first kappa shape index (κ1) is 31.2. The van der Waals surface area contributed by atoms with Crippen LogP contribution in [0.15, 0.2) is 66.7 Å². The highest BCUT2D eigenvalue weighted by atomic mass is 19.4. The fourth-order valence-electron chi connectivity index (χ4n) is 10.0. The Labute approximate surface area is 283 Å². The molecule has 49 heavy (non-hydrogen) atoms. The molecule has 10 heteroatoms. The lowest BCUT2D eigenvalue weighted by molar-refractivity contribution is -0.274. The van der Waals surface area contributed by atoms with Gasteiger partial charge in [-0.25, -0.2) is 0 Å². The number of amides is 1. The summed E-state index contributed by atoms with van der Waals surface area (Å²) in [5.74, 6) is 1.60. The SMILES string of the molecule is O=C1C(Cc2ccc(OC(F)(F)F)cc2)CCN1[C@H]1CCC2(O)[C@H]3Cc4ccc(OCc5ccccc5)c5c4[C@@]2(CCN3CC2CC2)[C@H]1O5. The van der Waals surface area contributed by atoms with Gasteiger partial charge in [0.2, 0.25) is 5.91 Å². The van der Waals surface area contributed by atoms with Gasteiger partial charge in [-0.05, 0) is 98.7 Å². The summed E-state index contributed by atoms with van der Waals surface area (Å²) in [5, 5.41) is 13.0. The van der Waals surface area contributed by atoms with E-state index in [1.807, 2.05) is 41.3 Å². The highest BCUT2D eigenvalue weighted by molar-refractivity contribution is 5.82. The third-order valence-electron chi connectivity index (χ3n) is 12.3. The molecule has 2 unspecified atom stereocenters. The minimum atomic E-state index is -4.75. The van der Waals surface area contributed by atoms with Crippen LogP contribution in [0, 0.1) is 11.8 Å². The topological polar surface area (TPSA) is 71.5 Å². The molecule has 2 saturated carbocycles. The molecule has 3 aromatic rings. The number of alkyl halides is 3. The number of carbonyl (C=O) groups excluding carboxylic acids is 1. The Morgan fingerprint density at radius 2 is 1.71 bits per heavy atom. The average molecular weight is 675 g/mol. The van der Waals surface area contributed by atoms with Crippen LogP contribution in [-0.2, 0) is 29.7 Å². The molecule has 3 aromatic carbocycles. The number of hydrogen-bond donors (Lipinski definition) is 1. The zero-order valence-electron chi connectivity index (χ0n) is 27.3. The van der Waals surface area contributed by atoms with E-state index in [1.165, 1.54) is 30.5 Å². The summed E-state index contributed by atoms with van der Waals surface area (Å²) in [6.45, 7) is 2.88. The van der Waals surface area contributed by atoms with Crippen molar-refractivity contribution in [2.24, 2.45) is 11.8 Å². The number of piperidine rings is 1. The number of aliphatic hydroxyl groups is 1. The summed E-state index contributed by atoms with van der Waals surface area (Å²) >= 11 is 0. The van der Waals surface area contributed by atoms with Crippen molar-refractivity contribution in [3.05, 3.63) is 89.0 Å². The molecule has 0 radical (unpaired) electrons. The van der Waals surface area contributed by atoms with E-state index in [0.717, 1.165) is 48.4 Å². The van der Waals surface area contributed by atoms with Gasteiger partial charge in [0.05, 0.1) is 17.1 Å². The molecule has 6 atom stereocenters. The number of ether oxygens (including phenoxy) is 3. The molecule has 2 saturated heterocycles. The molecule has 2 bridgehead atoms. The lowest BCUT2D eigenvalue weighted by Gasteiger charge is -2.64. The molecule has 1 amide bonds. The maximum atomic E-state index is 14.1. The maximum absolute atomic E-state index is 14.1. The smallest absolute Gasteiger partial charge is 0.485 e. The van der Waals surface area contributed by atoms with Crippen LogP contribution in [-0.4, -0.2) is 70.6 Å². The summed E-state index contributed by atoms with van der Waals surface area (Å²) in [5.41, 5.74) is 2.51. The van der Waals surface area contributed by atoms with Crippen molar-refractivity contribution in [3.8, 4) is 17.2 Å². The molecular formula is C39H41F3N2O5. The Morgan fingerprint density at radius 3 is 2.47 bits per heavy atom. The zero-order chi connectivity index (χ0) is 33.5. The zero-order valence-corrected chi connectivity index (χ0v) is 27.3. The maximum Gasteiger partial charge on any atom is 0.573 e. The molecule has 4 fully saturated rings. The summed E-state index contributed by atoms with van der Waals surface area (Å²) in [6, 6.07) is 19.8. The highest BCUT2D eigenvalue weighted by Gasteiger charge is 2.74. The number of hydrogen-bond acceptors (Lipinski definition) is 6. The molecular weight excluding hydrogens is 633 g/mol. The molecule has 7 nitrogen and oxygen atoms in total. The summed E-state index contributed by atoms with van der Waals surface area (Å²) < 4.78 is 55.5. The van der Waals surface area contributed by atoms with Crippen molar-refractivity contribution in [2.45, 2.75) is 93.5 Å². The van der Waals surface area contributed by atoms with Crippen molar-refractivity contribution in [2.75, 3.05) is 19.6 Å². The predicted octanol–water partition coefficient (Wildman–Crippen LogP) is 6.19. The van der Waals surface area contributed by atoms with Gasteiger partial charge in [0.1, 0.15) is 18.5 Å². The second-order valence-electron chi connectivity index (χ2n) is 15.1. The van der Waals surface area contributed by atoms with Crippen molar-refractivity contribution in [1.29, 1.82) is 0 Å². The van der Waals surface area contributed by atoms with Gasteiger partial charge in [-0.1, -0.05) is 48.5 Å². The molecule has 3 aliphatic carbocycles. The number of nitrogens with zero attached hydrogens (tertiary/aromatic N) is 2. The second-order valence-corrected chi connectivity index (χ2v) is 15.1. The first-order valence-electron chi connectivity index (χ1n) is 17.7. The standard InChI is InChI=1S/C39H41F3N2O5/c40-39(41,42)49-29-11-8-24(9-12-29)20-28-15-18-44(36(28)45)30-14-16-38(46)32-21-27-10-13-31(47-23-26-4-2-1-3-5-26)34-33(27)37(38,35(30)48-34)17-19-43(32)22-25-6-7-25/h1-5,8-13,25,28,30,32,35,46H,6-7,14-23H2/t28?,30-,32+,35-,37-,38?/m0/s1. The number of rotatable bonds is 9. The van der Waals surface area contributed by atoms with E-state index in [-0.39, 0.29) is 29.7 Å². The van der Waals surface area contributed by atoms with E-state index in [4.69, 9.17) is 9.47 Å². The van der Waals surface area contributed by atoms with Crippen molar-refractivity contribution in [3.63, 3.8) is 0 Å². The fraction of sp³-hybridized carbons (Fsp3) is 0.513. The van der Waals surface area contributed by atoms with Crippen LogP contribution in [0.1, 0.15) is 60.8 Å². The van der Waals surface area contributed by atoms with E-state index in [0.29, 0.717) is 50.5 Å². The normalized spacial score (nSPS) is 31.8. The van der Waals surface area contributed by atoms with Crippen LogP contribution >= 0.6 is 0 Å². The molecule has 9 rings (SSSR count). The quantitative estimate of drug-likeness (QED) is 0.292. The molecule has 1 spiro atoms. The van der Waals surface area contributed by atoms with Gasteiger partial charge in [0.15, 0.2) is 11.5 Å². The minimum absolute atomic E-state index is 0.00485. The van der Waals surface area contributed by atoms with Crippen molar-refractivity contribution < 1.29 is 37.3 Å². The molecule has 3 aliphatic heterocycles. The van der Waals surface area contributed by atoms with Gasteiger partial charge in [0, 0.05) is 30.6 Å². The summed E-state index contributed by atoms with van der Waals surface area (Å²) in [4.78, 5) is 18.7. The highest BCUT2D eigenvalue weighted by Crippen LogP contribution is 2.66. The van der Waals surface area contributed by atoms with Crippen LogP contribution in [0.2, 0.25) is 0 Å². The van der Waals surface area contributed by atoms with Gasteiger partial charge >= 0.3 is 6.36 Å². The van der Waals surface area contributed by atoms with Gasteiger partial charge in [-0.15, -0.1) is 13.2 Å². The van der Waals surface area contributed by atoms with Gasteiger partial charge in [-0.3, -0.25) is 9.69 Å². The Bertz CT molecular complexity index is 1750. The third-order valence-corrected chi connectivity index (χ3v) is 12.3. The molecule has 6 aliphatic rings. The molecule has 1 N–H and O–H groups in total. The van der Waals surface area contributed by atoms with Crippen LogP contribution in [0.3, 0.4) is 0 Å². The Balaban J connectivity index is 1.02. The first-order valence-corrected chi connectivity index (χ1v) is 17.7. The predicted molar refractivity (Wildman–Crippen MR) is 174 cm³/mol. The lowest BCUT2D eigenvalue weighted by atomic mass is 9.48. The van der Waals surface area contributed by atoms with Crippen molar-refractivity contribution in [1.82, 2.24) is 9.80 Å². The van der Waals surface area contributed by atoms with Gasteiger partial charge < -0.3 is 24.2 Å². The van der Waals surface area contributed by atoms with E-state index in [2.05, 4.69) is 15.7 Å². The van der Waals surface area contributed by atoms with E-state index in [1.54, 1.807) is 12.1 Å². The van der Waals surface area contributed by atoms with Crippen molar-refractivity contribution >= 4 is 5.91 Å². The number of likely N-dealkylation sites (tertiary alicyclic amines) is 2. The van der Waals surface area contributed by atoms with E-state index in [9.17, 15) is 23.1 Å². The fourth-order valence-corrected chi connectivity index (χ4v) is 10.0. The minimum Gasteiger partial charge on any atom is -0.485 e. The summed E-state index contributed by atoms with van der Waals surface area (Å²) in [6.07, 6.45) is 1.21. The molecule has 0 aromatic heterocycles. The third kappa shape index (κ3) is 5.11. The van der Waals surface area contributed by atoms with Crippen LogP contribution in [0.4, 0.5) is 13.2 Å². The number of carbonyl (C=O) groups is 1. The van der Waals surface area contributed by atoms with Crippen LogP contribution in [0.25, 0.3) is 0 Å². The van der Waals surface area contributed by atoms with Gasteiger partial charge in [0.25, 0.3) is 0 Å². The lowest BCUT2D eigenvalue weighted by Crippen LogP contribution is -2.78. The monoisotopic (exact) mass is 674 g/mol. The van der Waals surface area contributed by atoms with Crippen LogP contribution in [0.5, 0.6) is 17.2 Å². The first-order chi connectivity index (χ1) is 23.6. The Morgan fingerprint density at radius 1 is 0.918 bits per heavy atom. The second kappa shape index (κ2) is 11.4. The molecule has 3 heterocycles. The average Bonchev–Trinajstić information content (AvgIpc) is 3.73. The Hall–Kier alpha value is -3.76. The largest absolute Gasteiger partial charge is 0.573 e. The molecule has 258 valence electrons. The Kier molecular flexibility index (Phi) is 7.26. The number of benzene rings is 3. The van der Waals surface area contributed by atoms with E-state index >= 15 is 0 Å². The van der Waals surface area contributed by atoms with E-state index < -0.39 is 23.5 Å². The van der Waals surface area contributed by atoms with Crippen LogP contribution < -0.4 is 14.2 Å². The summed E-state index contributed by atoms with van der Waals surface area (Å²) in [7, 11) is 0. The number of halogens is 3.